The summed E-state index contributed by atoms with van der Waals surface area (Å²) >= 11 is 0. The van der Waals surface area contributed by atoms with Crippen molar-refractivity contribution in [1.82, 2.24) is 19.7 Å². The van der Waals surface area contributed by atoms with Crippen LogP contribution < -0.4 is 15.0 Å². The fourth-order valence-corrected chi connectivity index (χ4v) is 3.74. The summed E-state index contributed by atoms with van der Waals surface area (Å²) in [4.78, 5) is 16.3. The number of benzene rings is 2. The topological polar surface area (TPSA) is 84.8 Å². The van der Waals surface area contributed by atoms with Crippen LogP contribution in [0.25, 0.3) is 11.4 Å². The number of aromatic nitrogens is 3. The molecule has 2 aromatic carbocycles. The predicted octanol–water partition coefficient (Wildman–Crippen LogP) is 2.67. The quantitative estimate of drug-likeness (QED) is 0.588. The molecule has 0 saturated carbocycles. The van der Waals surface area contributed by atoms with Crippen molar-refractivity contribution in [2.75, 3.05) is 57.2 Å². The van der Waals surface area contributed by atoms with Gasteiger partial charge in [0.2, 0.25) is 11.9 Å². The molecule has 1 aliphatic rings. The number of ether oxygens (including phenoxy) is 2. The lowest BCUT2D eigenvalue weighted by atomic mass is 10.1. The fraction of sp³-hybridized carbons (Fsp3) is 0.348. The molecule has 3 aromatic rings. The van der Waals surface area contributed by atoms with Crippen molar-refractivity contribution in [3.63, 3.8) is 0 Å². The third-order valence-electron chi connectivity index (χ3n) is 5.56. The Hall–Kier alpha value is -3.50. The van der Waals surface area contributed by atoms with Gasteiger partial charge in [-0.05, 0) is 36.4 Å². The number of carbonyl (C=O) groups excluding carboxylic acids is 1. The molecule has 4 rings (SSSR count). The van der Waals surface area contributed by atoms with Crippen LogP contribution in [0.1, 0.15) is 0 Å². The number of methoxy groups -OCH3 is 1. The lowest BCUT2D eigenvalue weighted by Gasteiger charge is -2.25. The molecule has 10 heteroatoms. The van der Waals surface area contributed by atoms with Gasteiger partial charge in [0.05, 0.1) is 32.4 Å². The average Bonchev–Trinajstić information content (AvgIpc) is 3.20. The van der Waals surface area contributed by atoms with Gasteiger partial charge in [-0.15, -0.1) is 10.2 Å². The van der Waals surface area contributed by atoms with Gasteiger partial charge in [-0.3, -0.25) is 14.3 Å². The summed E-state index contributed by atoms with van der Waals surface area (Å²) in [5.41, 5.74) is 2.15. The van der Waals surface area contributed by atoms with E-state index in [2.05, 4.69) is 20.4 Å². The van der Waals surface area contributed by atoms with Crippen LogP contribution in [0.2, 0.25) is 0 Å². The van der Waals surface area contributed by atoms with E-state index >= 15 is 0 Å². The monoisotopic (exact) mass is 454 g/mol. The van der Waals surface area contributed by atoms with Crippen molar-refractivity contribution in [3.8, 4) is 17.1 Å². The minimum atomic E-state index is -0.298. The molecule has 1 saturated heterocycles. The highest BCUT2D eigenvalue weighted by molar-refractivity contribution is 5.93. The molecule has 1 fully saturated rings. The first-order valence-electron chi connectivity index (χ1n) is 10.6. The Balaban J connectivity index is 1.52. The van der Waals surface area contributed by atoms with Crippen molar-refractivity contribution in [3.05, 3.63) is 48.3 Å². The number of nitrogens with one attached hydrogen (secondary N) is 1. The van der Waals surface area contributed by atoms with Crippen molar-refractivity contribution in [1.29, 1.82) is 0 Å². The van der Waals surface area contributed by atoms with Crippen LogP contribution in [0.5, 0.6) is 5.75 Å². The zero-order valence-corrected chi connectivity index (χ0v) is 18.9. The molecular formula is C23H27FN6O3. The normalized spacial score (nSPS) is 14.2. The van der Waals surface area contributed by atoms with Crippen LogP contribution >= 0.6 is 0 Å². The molecule has 33 heavy (non-hydrogen) atoms. The van der Waals surface area contributed by atoms with Crippen molar-refractivity contribution in [2.24, 2.45) is 7.05 Å². The van der Waals surface area contributed by atoms with Crippen LogP contribution in [0.15, 0.2) is 42.5 Å². The second-order valence-corrected chi connectivity index (χ2v) is 7.77. The van der Waals surface area contributed by atoms with E-state index in [1.54, 1.807) is 25.3 Å². The number of halogens is 1. The number of hydrogen-bond donors (Lipinski definition) is 1. The molecular weight excluding hydrogens is 427 g/mol. The van der Waals surface area contributed by atoms with Gasteiger partial charge < -0.3 is 19.7 Å². The van der Waals surface area contributed by atoms with Crippen LogP contribution in [0.3, 0.4) is 0 Å². The van der Waals surface area contributed by atoms with E-state index in [0.717, 1.165) is 24.3 Å². The fourth-order valence-electron chi connectivity index (χ4n) is 3.74. The number of carbonyl (C=O) groups is 1. The number of anilines is 3. The Kier molecular flexibility index (Phi) is 6.85. The van der Waals surface area contributed by atoms with Crippen molar-refractivity contribution in [2.45, 2.75) is 0 Å². The molecule has 174 valence electrons. The van der Waals surface area contributed by atoms with Gasteiger partial charge in [-0.25, -0.2) is 4.39 Å². The summed E-state index contributed by atoms with van der Waals surface area (Å²) in [7, 11) is 5.26. The van der Waals surface area contributed by atoms with Crippen LogP contribution in [0.4, 0.5) is 21.7 Å². The van der Waals surface area contributed by atoms with Crippen LogP contribution in [-0.2, 0) is 16.6 Å². The molecule has 0 atom stereocenters. The van der Waals surface area contributed by atoms with Crippen LogP contribution in [0, 0.1) is 5.82 Å². The largest absolute Gasteiger partial charge is 0.496 e. The van der Waals surface area contributed by atoms with Crippen molar-refractivity contribution >= 4 is 23.2 Å². The van der Waals surface area contributed by atoms with E-state index < -0.39 is 0 Å². The van der Waals surface area contributed by atoms with E-state index in [-0.39, 0.29) is 11.7 Å². The number of hydrogen-bond acceptors (Lipinski definition) is 7. The lowest BCUT2D eigenvalue weighted by molar-refractivity contribution is -0.118. The minimum absolute atomic E-state index is 0.0893. The molecule has 1 amide bonds. The standard InChI is InChI=1S/C23H27FN6O3/c1-28(18-7-4-16(24)5-8-18)23-27-26-22(29(23)2)19-9-6-17(14-20(19)32-3)25-21(31)15-30-10-12-33-13-11-30/h4-9,14H,10-13,15H2,1-3H3,(H,25,31). The Bertz CT molecular complexity index is 1110. The van der Waals surface area contributed by atoms with Gasteiger partial charge in [-0.1, -0.05) is 0 Å². The third-order valence-corrected chi connectivity index (χ3v) is 5.56. The van der Waals surface area contributed by atoms with Gasteiger partial charge in [0, 0.05) is 44.6 Å². The van der Waals surface area contributed by atoms with E-state index in [9.17, 15) is 9.18 Å². The summed E-state index contributed by atoms with van der Waals surface area (Å²) in [6.45, 7) is 3.10. The van der Waals surface area contributed by atoms with Gasteiger partial charge in [0.1, 0.15) is 11.6 Å². The highest BCUT2D eigenvalue weighted by Gasteiger charge is 2.19. The third kappa shape index (κ3) is 5.12. The highest BCUT2D eigenvalue weighted by Crippen LogP contribution is 2.33. The molecule has 1 aromatic heterocycles. The van der Waals surface area contributed by atoms with E-state index in [0.29, 0.717) is 43.0 Å². The first kappa shape index (κ1) is 22.7. The second-order valence-electron chi connectivity index (χ2n) is 7.77. The van der Waals surface area contributed by atoms with Gasteiger partial charge in [0.25, 0.3) is 0 Å². The Morgan fingerprint density at radius 3 is 2.61 bits per heavy atom. The first-order valence-corrected chi connectivity index (χ1v) is 10.6. The van der Waals surface area contributed by atoms with Gasteiger partial charge in [0.15, 0.2) is 5.82 Å². The van der Waals surface area contributed by atoms with E-state index in [4.69, 9.17) is 9.47 Å². The first-order chi connectivity index (χ1) is 16.0. The van der Waals surface area contributed by atoms with Gasteiger partial charge in [-0.2, -0.15) is 0 Å². The zero-order valence-electron chi connectivity index (χ0n) is 18.9. The zero-order chi connectivity index (χ0) is 23.4. The maximum absolute atomic E-state index is 13.3. The molecule has 0 spiro atoms. The molecule has 0 unspecified atom stereocenters. The molecule has 1 N–H and O–H groups in total. The molecule has 9 nitrogen and oxygen atoms in total. The van der Waals surface area contributed by atoms with Crippen LogP contribution in [-0.4, -0.2) is 72.6 Å². The average molecular weight is 455 g/mol. The number of rotatable bonds is 7. The maximum Gasteiger partial charge on any atom is 0.238 e. The van der Waals surface area contributed by atoms with E-state index in [1.165, 1.54) is 12.1 Å². The van der Waals surface area contributed by atoms with E-state index in [1.807, 2.05) is 35.7 Å². The van der Waals surface area contributed by atoms with Crippen molar-refractivity contribution < 1.29 is 18.7 Å². The highest BCUT2D eigenvalue weighted by atomic mass is 19.1. The molecule has 0 aliphatic carbocycles. The summed E-state index contributed by atoms with van der Waals surface area (Å²) in [5, 5.41) is 11.6. The lowest BCUT2D eigenvalue weighted by Crippen LogP contribution is -2.41. The number of morpholine rings is 1. The molecule has 2 heterocycles. The summed E-state index contributed by atoms with van der Waals surface area (Å²) in [6, 6.07) is 11.6. The molecule has 0 bridgehead atoms. The summed E-state index contributed by atoms with van der Waals surface area (Å²) in [6.07, 6.45) is 0. The Labute approximate surface area is 191 Å². The Morgan fingerprint density at radius 1 is 1.18 bits per heavy atom. The Morgan fingerprint density at radius 2 is 1.91 bits per heavy atom. The SMILES string of the molecule is COc1cc(NC(=O)CN2CCOCC2)ccc1-c1nnc(N(C)c2ccc(F)cc2)n1C. The maximum atomic E-state index is 13.3. The predicted molar refractivity (Wildman–Crippen MR) is 123 cm³/mol. The molecule has 1 aliphatic heterocycles. The second kappa shape index (κ2) is 9.97. The smallest absolute Gasteiger partial charge is 0.238 e. The number of amides is 1. The molecule has 0 radical (unpaired) electrons. The van der Waals surface area contributed by atoms with Gasteiger partial charge >= 0.3 is 0 Å². The minimum Gasteiger partial charge on any atom is -0.496 e. The summed E-state index contributed by atoms with van der Waals surface area (Å²) in [5.74, 6) is 1.36. The summed E-state index contributed by atoms with van der Waals surface area (Å²) < 4.78 is 26.0. The number of nitrogens with zero attached hydrogens (tertiary/aromatic N) is 5.